The number of piperazine rings is 1. The van der Waals surface area contributed by atoms with Crippen LogP contribution >= 0.6 is 0 Å². The molecule has 3 aliphatic rings. The Balaban J connectivity index is 1.42. The summed E-state index contributed by atoms with van der Waals surface area (Å²) in [5, 5.41) is 0. The van der Waals surface area contributed by atoms with E-state index in [0.717, 1.165) is 37.9 Å². The molecule has 0 N–H and O–H groups in total. The van der Waals surface area contributed by atoms with Crippen molar-refractivity contribution in [2.24, 2.45) is 0 Å². The molecule has 7 heteroatoms. The molecule has 0 saturated carbocycles. The summed E-state index contributed by atoms with van der Waals surface area (Å²) in [7, 11) is -3.46. The van der Waals surface area contributed by atoms with Gasteiger partial charge in [-0.3, -0.25) is 0 Å². The minimum absolute atomic E-state index is 0.0672. The number of sulfonamides is 1. The quantitative estimate of drug-likeness (QED) is 0.781. The van der Waals surface area contributed by atoms with Crippen molar-refractivity contribution in [3.05, 3.63) is 40.3 Å². The second kappa shape index (κ2) is 7.64. The Morgan fingerprint density at radius 3 is 2.22 bits per heavy atom. The number of allylic oxidation sites excluding steroid dienone is 1. The summed E-state index contributed by atoms with van der Waals surface area (Å²) in [5.74, 6) is 0. The summed E-state index contributed by atoms with van der Waals surface area (Å²) in [4.78, 5) is 16.8. The Kier molecular flexibility index (Phi) is 5.23. The highest BCUT2D eigenvalue weighted by molar-refractivity contribution is 7.93. The largest absolute Gasteiger partial charge is 0.325 e. The van der Waals surface area contributed by atoms with E-state index in [4.69, 9.17) is 0 Å². The maximum atomic E-state index is 13.1. The Labute approximate surface area is 161 Å². The molecule has 2 fully saturated rings. The third kappa shape index (κ3) is 3.75. The second-order valence-electron chi connectivity index (χ2n) is 7.53. The Bertz CT molecular complexity index is 836. The first-order valence-electron chi connectivity index (χ1n) is 9.88. The zero-order valence-electron chi connectivity index (χ0n) is 15.6. The first kappa shape index (κ1) is 18.5. The van der Waals surface area contributed by atoms with Crippen LogP contribution in [-0.4, -0.2) is 67.8 Å². The molecule has 1 aromatic carbocycles. The van der Waals surface area contributed by atoms with Crippen molar-refractivity contribution in [3.63, 3.8) is 0 Å². The van der Waals surface area contributed by atoms with Crippen LogP contribution in [0.25, 0.3) is 6.08 Å². The maximum Gasteiger partial charge on any atom is 0.320 e. The van der Waals surface area contributed by atoms with Crippen LogP contribution in [-0.2, 0) is 16.4 Å². The molecule has 2 aliphatic heterocycles. The zero-order chi connectivity index (χ0) is 18.9. The molecule has 0 unspecified atom stereocenters. The molecule has 1 aliphatic carbocycles. The van der Waals surface area contributed by atoms with Crippen molar-refractivity contribution in [2.45, 2.75) is 32.1 Å². The van der Waals surface area contributed by atoms with E-state index in [-0.39, 0.29) is 6.03 Å². The van der Waals surface area contributed by atoms with Gasteiger partial charge in [-0.25, -0.2) is 13.2 Å². The highest BCUT2D eigenvalue weighted by atomic mass is 32.2. The average molecular weight is 390 g/mol. The first-order valence-corrected chi connectivity index (χ1v) is 11.3. The lowest BCUT2D eigenvalue weighted by atomic mass is 9.98. The molecule has 27 heavy (non-hydrogen) atoms. The van der Waals surface area contributed by atoms with E-state index in [9.17, 15) is 13.2 Å². The number of rotatable bonds is 2. The van der Waals surface area contributed by atoms with Gasteiger partial charge in [-0.2, -0.15) is 4.31 Å². The summed E-state index contributed by atoms with van der Waals surface area (Å²) >= 11 is 0. The number of urea groups is 1. The van der Waals surface area contributed by atoms with Gasteiger partial charge in [0.1, 0.15) is 0 Å². The highest BCUT2D eigenvalue weighted by Gasteiger charge is 2.33. The van der Waals surface area contributed by atoms with Gasteiger partial charge in [-0.15, -0.1) is 0 Å². The lowest BCUT2D eigenvalue weighted by Gasteiger charge is -2.38. The lowest BCUT2D eigenvalue weighted by Crippen LogP contribution is -2.54. The molecule has 6 nitrogen and oxygen atoms in total. The molecule has 2 heterocycles. The van der Waals surface area contributed by atoms with Crippen molar-refractivity contribution in [1.29, 1.82) is 0 Å². The fourth-order valence-electron chi connectivity index (χ4n) is 4.18. The summed E-state index contributed by atoms with van der Waals surface area (Å²) < 4.78 is 27.7. The Morgan fingerprint density at radius 2 is 1.48 bits per heavy atom. The van der Waals surface area contributed by atoms with Crippen LogP contribution in [0.1, 0.15) is 36.8 Å². The number of carbonyl (C=O) groups is 1. The molecule has 2 amide bonds. The van der Waals surface area contributed by atoms with E-state index in [1.54, 1.807) is 4.31 Å². The molecule has 1 aromatic rings. The van der Waals surface area contributed by atoms with Crippen molar-refractivity contribution < 1.29 is 13.2 Å². The average Bonchev–Trinajstić information content (AvgIpc) is 2.73. The monoisotopic (exact) mass is 389 g/mol. The summed E-state index contributed by atoms with van der Waals surface area (Å²) in [6.07, 6.45) is 6.44. The fourth-order valence-corrected chi connectivity index (χ4v) is 5.79. The van der Waals surface area contributed by atoms with Crippen LogP contribution in [0.2, 0.25) is 0 Å². The van der Waals surface area contributed by atoms with Crippen molar-refractivity contribution in [1.82, 2.24) is 14.1 Å². The first-order chi connectivity index (χ1) is 13.1. The number of piperidine rings is 1. The van der Waals surface area contributed by atoms with Gasteiger partial charge in [0.25, 0.3) is 0 Å². The standard InChI is InChI=1S/C20H27N3O3S/c24-20(21-10-4-1-5-11-21)22-12-14-23(15-13-22)27(25,26)19-9-8-17-6-2-3-7-18(17)16-19/h2-3,6-7,16H,1,4-5,8-15H2. The van der Waals surface area contributed by atoms with Gasteiger partial charge in [0, 0.05) is 39.3 Å². The molecular weight excluding hydrogens is 362 g/mol. The normalized spacial score (nSPS) is 21.6. The third-order valence-electron chi connectivity index (χ3n) is 5.82. The second-order valence-corrected chi connectivity index (χ2v) is 9.52. The van der Waals surface area contributed by atoms with Gasteiger partial charge < -0.3 is 9.80 Å². The van der Waals surface area contributed by atoms with Crippen LogP contribution in [0.15, 0.2) is 29.2 Å². The number of hydrogen-bond acceptors (Lipinski definition) is 3. The molecule has 146 valence electrons. The number of nitrogens with zero attached hydrogens (tertiary/aromatic N) is 3. The van der Waals surface area contributed by atoms with Crippen LogP contribution < -0.4 is 0 Å². The van der Waals surface area contributed by atoms with Gasteiger partial charge in [0.2, 0.25) is 10.0 Å². The van der Waals surface area contributed by atoms with Crippen molar-refractivity contribution >= 4 is 22.1 Å². The van der Waals surface area contributed by atoms with Gasteiger partial charge >= 0.3 is 6.03 Å². The lowest BCUT2D eigenvalue weighted by molar-refractivity contribution is 0.127. The summed E-state index contributed by atoms with van der Waals surface area (Å²) in [5.41, 5.74) is 2.20. The fraction of sp³-hybridized carbons (Fsp3) is 0.550. The number of carbonyl (C=O) groups excluding carboxylic acids is 1. The zero-order valence-corrected chi connectivity index (χ0v) is 16.5. The molecule has 4 rings (SSSR count). The third-order valence-corrected chi connectivity index (χ3v) is 7.85. The smallest absolute Gasteiger partial charge is 0.320 e. The number of fused-ring (bicyclic) bond motifs is 1. The number of benzene rings is 1. The summed E-state index contributed by atoms with van der Waals surface area (Å²) in [6, 6.07) is 8.03. The van der Waals surface area contributed by atoms with Crippen LogP contribution in [0, 0.1) is 0 Å². The molecule has 0 bridgehead atoms. The van der Waals surface area contributed by atoms with Crippen LogP contribution in [0.4, 0.5) is 4.79 Å². The molecule has 0 aromatic heterocycles. The van der Waals surface area contributed by atoms with E-state index in [1.807, 2.05) is 34.1 Å². The van der Waals surface area contributed by atoms with E-state index in [2.05, 4.69) is 6.07 Å². The predicted molar refractivity (Wildman–Crippen MR) is 106 cm³/mol. The Morgan fingerprint density at radius 1 is 0.815 bits per heavy atom. The summed E-state index contributed by atoms with van der Waals surface area (Å²) in [6.45, 7) is 3.34. The van der Waals surface area contributed by atoms with E-state index in [0.29, 0.717) is 37.5 Å². The van der Waals surface area contributed by atoms with Gasteiger partial charge in [-0.1, -0.05) is 24.3 Å². The minimum atomic E-state index is -3.46. The SMILES string of the molecule is O=C(N1CCCCC1)N1CCN(S(=O)(=O)C2=Cc3ccccc3CC2)CC1. The molecule has 0 radical (unpaired) electrons. The number of hydrogen-bond donors (Lipinski definition) is 0. The van der Waals surface area contributed by atoms with Crippen molar-refractivity contribution in [3.8, 4) is 0 Å². The maximum absolute atomic E-state index is 13.1. The van der Waals surface area contributed by atoms with Crippen LogP contribution in [0.3, 0.4) is 0 Å². The van der Waals surface area contributed by atoms with Crippen molar-refractivity contribution in [2.75, 3.05) is 39.3 Å². The molecule has 0 spiro atoms. The van der Waals surface area contributed by atoms with Gasteiger partial charge in [-0.05, 0) is 49.3 Å². The highest BCUT2D eigenvalue weighted by Crippen LogP contribution is 2.29. The van der Waals surface area contributed by atoms with Gasteiger partial charge in [0.15, 0.2) is 0 Å². The molecular formula is C20H27N3O3S. The van der Waals surface area contributed by atoms with E-state index >= 15 is 0 Å². The van der Waals surface area contributed by atoms with E-state index < -0.39 is 10.0 Å². The van der Waals surface area contributed by atoms with Crippen LogP contribution in [0.5, 0.6) is 0 Å². The predicted octanol–water partition coefficient (Wildman–Crippen LogP) is 2.53. The molecule has 2 saturated heterocycles. The minimum Gasteiger partial charge on any atom is -0.325 e. The topological polar surface area (TPSA) is 60.9 Å². The number of aryl methyl sites for hydroxylation is 1. The number of amides is 2. The van der Waals surface area contributed by atoms with Gasteiger partial charge in [0.05, 0.1) is 4.91 Å². The Hall–Kier alpha value is -1.86. The molecule has 0 atom stereocenters. The van der Waals surface area contributed by atoms with E-state index in [1.165, 1.54) is 12.0 Å². The number of likely N-dealkylation sites (tertiary alicyclic amines) is 1.